The van der Waals surface area contributed by atoms with Crippen molar-refractivity contribution in [1.82, 2.24) is 15.1 Å². The minimum atomic E-state index is 0.556. The van der Waals surface area contributed by atoms with Gasteiger partial charge < -0.3 is 14.6 Å². The molecule has 0 aliphatic rings. The van der Waals surface area contributed by atoms with Gasteiger partial charge in [0.05, 0.1) is 13.2 Å². The molecule has 0 spiro atoms. The Balaban J connectivity index is 1.91. The van der Waals surface area contributed by atoms with Gasteiger partial charge in [-0.2, -0.15) is 0 Å². The van der Waals surface area contributed by atoms with Crippen LogP contribution in [0.1, 0.15) is 19.0 Å². The van der Waals surface area contributed by atoms with E-state index in [-0.39, 0.29) is 0 Å². The molecule has 90 valence electrons. The van der Waals surface area contributed by atoms with Crippen molar-refractivity contribution in [3.63, 3.8) is 0 Å². The smallest absolute Gasteiger partial charge is 0.218 e. The first-order chi connectivity index (χ1) is 8.38. The SMILES string of the molecule is CCCOc1cc(NCc2ccon2)ncn1. The summed E-state index contributed by atoms with van der Waals surface area (Å²) in [5.74, 6) is 1.28. The number of ether oxygens (including phenoxy) is 1. The third-order valence-corrected chi connectivity index (χ3v) is 2.04. The molecule has 0 atom stereocenters. The molecule has 2 rings (SSSR count). The normalized spacial score (nSPS) is 10.2. The molecule has 0 amide bonds. The van der Waals surface area contributed by atoms with Gasteiger partial charge >= 0.3 is 0 Å². The zero-order chi connectivity index (χ0) is 11.9. The summed E-state index contributed by atoms with van der Waals surface area (Å²) < 4.78 is 10.1. The van der Waals surface area contributed by atoms with Gasteiger partial charge in [0.2, 0.25) is 5.88 Å². The van der Waals surface area contributed by atoms with Gasteiger partial charge in [-0.15, -0.1) is 0 Å². The Labute approximate surface area is 99.0 Å². The van der Waals surface area contributed by atoms with Gasteiger partial charge in [-0.3, -0.25) is 0 Å². The molecule has 0 saturated carbocycles. The predicted molar refractivity (Wildman–Crippen MR) is 61.6 cm³/mol. The van der Waals surface area contributed by atoms with E-state index in [0.717, 1.165) is 12.1 Å². The van der Waals surface area contributed by atoms with E-state index < -0.39 is 0 Å². The van der Waals surface area contributed by atoms with Gasteiger partial charge in [0.15, 0.2) is 0 Å². The molecule has 0 aliphatic carbocycles. The molecule has 1 N–H and O–H groups in total. The van der Waals surface area contributed by atoms with E-state index in [1.54, 1.807) is 12.1 Å². The monoisotopic (exact) mass is 234 g/mol. The maximum atomic E-state index is 5.41. The average molecular weight is 234 g/mol. The van der Waals surface area contributed by atoms with Gasteiger partial charge in [0.1, 0.15) is 24.1 Å². The van der Waals surface area contributed by atoms with Crippen LogP contribution in [0.15, 0.2) is 29.2 Å². The summed E-state index contributed by atoms with van der Waals surface area (Å²) in [7, 11) is 0. The Kier molecular flexibility index (Phi) is 3.90. The van der Waals surface area contributed by atoms with E-state index in [2.05, 4.69) is 20.4 Å². The number of rotatable bonds is 6. The van der Waals surface area contributed by atoms with Crippen molar-refractivity contribution in [2.45, 2.75) is 19.9 Å². The van der Waals surface area contributed by atoms with Crippen LogP contribution in [-0.4, -0.2) is 21.7 Å². The van der Waals surface area contributed by atoms with Crippen LogP contribution in [0.2, 0.25) is 0 Å². The van der Waals surface area contributed by atoms with Crippen molar-refractivity contribution in [1.29, 1.82) is 0 Å². The van der Waals surface area contributed by atoms with Crippen LogP contribution < -0.4 is 10.1 Å². The molecule has 0 saturated heterocycles. The third kappa shape index (κ3) is 3.44. The standard InChI is InChI=1S/C11H14N4O2/c1-2-4-16-11-6-10(13-8-14-11)12-7-9-3-5-17-15-9/h3,5-6,8H,2,4,7H2,1H3,(H,12,13,14). The van der Waals surface area contributed by atoms with E-state index in [4.69, 9.17) is 9.26 Å². The number of nitrogens with one attached hydrogen (secondary N) is 1. The van der Waals surface area contributed by atoms with Crippen molar-refractivity contribution in [3.05, 3.63) is 30.4 Å². The summed E-state index contributed by atoms with van der Waals surface area (Å²) in [6.07, 6.45) is 3.95. The van der Waals surface area contributed by atoms with Gasteiger partial charge in [-0.05, 0) is 6.42 Å². The first-order valence-corrected chi connectivity index (χ1v) is 5.46. The Bertz CT molecular complexity index is 444. The molecule has 0 aliphatic heterocycles. The molecule has 0 unspecified atom stereocenters. The Morgan fingerprint density at radius 3 is 3.12 bits per heavy atom. The van der Waals surface area contributed by atoms with Gasteiger partial charge in [-0.25, -0.2) is 9.97 Å². The van der Waals surface area contributed by atoms with E-state index in [1.807, 2.05) is 6.92 Å². The second-order valence-electron chi connectivity index (χ2n) is 3.43. The lowest BCUT2D eigenvalue weighted by atomic mass is 10.4. The van der Waals surface area contributed by atoms with Crippen LogP contribution in [0, 0.1) is 0 Å². The summed E-state index contributed by atoms with van der Waals surface area (Å²) in [6.45, 7) is 3.26. The Morgan fingerprint density at radius 2 is 2.35 bits per heavy atom. The number of anilines is 1. The molecular weight excluding hydrogens is 220 g/mol. The minimum Gasteiger partial charge on any atom is -0.478 e. The number of nitrogens with zero attached hydrogens (tertiary/aromatic N) is 3. The largest absolute Gasteiger partial charge is 0.478 e. The van der Waals surface area contributed by atoms with Crippen molar-refractivity contribution < 1.29 is 9.26 Å². The topological polar surface area (TPSA) is 73.1 Å². The molecule has 2 aromatic heterocycles. The fraction of sp³-hybridized carbons (Fsp3) is 0.364. The summed E-state index contributed by atoms with van der Waals surface area (Å²) in [5, 5.41) is 6.90. The summed E-state index contributed by atoms with van der Waals surface area (Å²) in [5.41, 5.74) is 0.819. The highest BCUT2D eigenvalue weighted by atomic mass is 16.5. The first kappa shape index (κ1) is 11.4. The molecule has 6 nitrogen and oxygen atoms in total. The first-order valence-electron chi connectivity index (χ1n) is 5.46. The van der Waals surface area contributed by atoms with Crippen LogP contribution in [0.4, 0.5) is 5.82 Å². The number of hydrogen-bond donors (Lipinski definition) is 1. The molecule has 0 aromatic carbocycles. The molecule has 17 heavy (non-hydrogen) atoms. The molecular formula is C11H14N4O2. The lowest BCUT2D eigenvalue weighted by Gasteiger charge is -2.06. The number of aromatic nitrogens is 3. The van der Waals surface area contributed by atoms with E-state index >= 15 is 0 Å². The molecule has 0 bridgehead atoms. The van der Waals surface area contributed by atoms with Gasteiger partial charge in [0.25, 0.3) is 0 Å². The quantitative estimate of drug-likeness (QED) is 0.822. The minimum absolute atomic E-state index is 0.556. The lowest BCUT2D eigenvalue weighted by Crippen LogP contribution is -2.03. The van der Waals surface area contributed by atoms with Gasteiger partial charge in [0, 0.05) is 12.1 Å². The highest BCUT2D eigenvalue weighted by molar-refractivity contribution is 5.37. The van der Waals surface area contributed by atoms with E-state index in [0.29, 0.717) is 24.8 Å². The highest BCUT2D eigenvalue weighted by Gasteiger charge is 2.00. The van der Waals surface area contributed by atoms with Crippen molar-refractivity contribution in [2.24, 2.45) is 0 Å². The maximum absolute atomic E-state index is 5.41. The van der Waals surface area contributed by atoms with Crippen LogP contribution in [-0.2, 0) is 6.54 Å². The third-order valence-electron chi connectivity index (χ3n) is 2.04. The van der Waals surface area contributed by atoms with Crippen molar-refractivity contribution >= 4 is 5.82 Å². The van der Waals surface area contributed by atoms with Crippen molar-refractivity contribution in [3.8, 4) is 5.88 Å². The van der Waals surface area contributed by atoms with E-state index in [1.165, 1.54) is 12.6 Å². The molecule has 0 fully saturated rings. The Morgan fingerprint density at radius 1 is 1.41 bits per heavy atom. The fourth-order valence-electron chi connectivity index (χ4n) is 1.23. The van der Waals surface area contributed by atoms with Gasteiger partial charge in [-0.1, -0.05) is 12.1 Å². The molecule has 0 radical (unpaired) electrons. The second-order valence-corrected chi connectivity index (χ2v) is 3.43. The zero-order valence-electron chi connectivity index (χ0n) is 9.59. The fourth-order valence-corrected chi connectivity index (χ4v) is 1.23. The average Bonchev–Trinajstić information content (AvgIpc) is 2.87. The van der Waals surface area contributed by atoms with Crippen LogP contribution in [0.3, 0.4) is 0 Å². The zero-order valence-corrected chi connectivity index (χ0v) is 9.59. The second kappa shape index (κ2) is 5.83. The molecule has 2 heterocycles. The maximum Gasteiger partial charge on any atom is 0.218 e. The number of hydrogen-bond acceptors (Lipinski definition) is 6. The highest BCUT2D eigenvalue weighted by Crippen LogP contribution is 2.11. The molecule has 6 heteroatoms. The Hall–Kier alpha value is -2.11. The molecule has 2 aromatic rings. The lowest BCUT2D eigenvalue weighted by molar-refractivity contribution is 0.305. The van der Waals surface area contributed by atoms with Crippen LogP contribution in [0.25, 0.3) is 0 Å². The summed E-state index contributed by atoms with van der Waals surface area (Å²) in [6, 6.07) is 3.55. The van der Waals surface area contributed by atoms with Crippen molar-refractivity contribution in [2.75, 3.05) is 11.9 Å². The summed E-state index contributed by atoms with van der Waals surface area (Å²) >= 11 is 0. The van der Waals surface area contributed by atoms with E-state index in [9.17, 15) is 0 Å². The summed E-state index contributed by atoms with van der Waals surface area (Å²) in [4.78, 5) is 8.10. The van der Waals surface area contributed by atoms with Crippen LogP contribution >= 0.6 is 0 Å². The predicted octanol–water partition coefficient (Wildman–Crippen LogP) is 1.87. The van der Waals surface area contributed by atoms with Crippen LogP contribution in [0.5, 0.6) is 5.88 Å².